The van der Waals surface area contributed by atoms with Crippen molar-refractivity contribution in [2.75, 3.05) is 54.5 Å². The molecule has 0 amide bonds. The number of hydrogen-bond acceptors (Lipinski definition) is 6. The standard InChI is InChI=1S/C40H52N6O2/c1-45(2)23-27-5-9-29(10-6-27)25-47-33-17-19-35-37(21-33)43-39(41-35)31-13-15-32(16-14-31)40-42-36-20-18-34(22-38(36)44-40)48-26-30-11-7-28(8-12-30)24-46(3)4/h13-22,27-30H,5-12,23-26H2,1-4H3,(H,41,43)(H,42,44). The molecular formula is C40H52N6O2. The quantitative estimate of drug-likeness (QED) is 0.142. The first-order valence-corrected chi connectivity index (χ1v) is 18.0. The number of nitrogens with zero attached hydrogens (tertiary/aromatic N) is 4. The van der Waals surface area contributed by atoms with Gasteiger partial charge in [-0.25, -0.2) is 9.97 Å². The molecule has 5 aromatic rings. The maximum atomic E-state index is 6.26. The van der Waals surface area contributed by atoms with Crippen molar-refractivity contribution in [3.63, 3.8) is 0 Å². The van der Waals surface area contributed by atoms with Gasteiger partial charge < -0.3 is 29.2 Å². The summed E-state index contributed by atoms with van der Waals surface area (Å²) < 4.78 is 12.5. The summed E-state index contributed by atoms with van der Waals surface area (Å²) >= 11 is 0. The predicted octanol–water partition coefficient (Wildman–Crippen LogP) is 8.27. The molecule has 2 aliphatic carbocycles. The SMILES string of the molecule is CN(C)CC1CCC(COc2ccc3nc(-c4ccc(-c5nc6ccc(OCC7CCC(CN(C)C)CC7)cc6[nH]5)cc4)[nH]c3c2)CC1. The number of aromatic nitrogens is 4. The van der Waals surface area contributed by atoms with E-state index in [4.69, 9.17) is 19.4 Å². The molecule has 3 aromatic carbocycles. The van der Waals surface area contributed by atoms with Gasteiger partial charge in [0.2, 0.25) is 0 Å². The Morgan fingerprint density at radius 1 is 0.542 bits per heavy atom. The second-order valence-electron chi connectivity index (χ2n) is 15.0. The maximum Gasteiger partial charge on any atom is 0.138 e. The van der Waals surface area contributed by atoms with E-state index in [-0.39, 0.29) is 0 Å². The molecule has 254 valence electrons. The van der Waals surface area contributed by atoms with Crippen molar-refractivity contribution in [3.05, 3.63) is 60.7 Å². The van der Waals surface area contributed by atoms with Crippen molar-refractivity contribution in [1.82, 2.24) is 29.7 Å². The summed E-state index contributed by atoms with van der Waals surface area (Å²) in [5, 5.41) is 0. The topological polar surface area (TPSA) is 82.3 Å². The summed E-state index contributed by atoms with van der Waals surface area (Å²) in [6, 6.07) is 20.8. The number of fused-ring (bicyclic) bond motifs is 2. The van der Waals surface area contributed by atoms with Crippen LogP contribution in [-0.4, -0.2) is 84.2 Å². The molecule has 2 aliphatic rings. The van der Waals surface area contributed by atoms with Crippen LogP contribution in [0.25, 0.3) is 44.8 Å². The fourth-order valence-electron chi connectivity index (χ4n) is 7.84. The number of hydrogen-bond donors (Lipinski definition) is 2. The van der Waals surface area contributed by atoms with Crippen LogP contribution in [0.15, 0.2) is 60.7 Å². The monoisotopic (exact) mass is 648 g/mol. The van der Waals surface area contributed by atoms with Gasteiger partial charge in [-0.2, -0.15) is 0 Å². The van der Waals surface area contributed by atoms with Gasteiger partial charge >= 0.3 is 0 Å². The summed E-state index contributed by atoms with van der Waals surface area (Å²) in [5.74, 6) is 6.46. The third-order valence-electron chi connectivity index (χ3n) is 10.5. The van der Waals surface area contributed by atoms with Crippen LogP contribution in [0.3, 0.4) is 0 Å². The van der Waals surface area contributed by atoms with E-state index >= 15 is 0 Å². The Morgan fingerprint density at radius 3 is 1.29 bits per heavy atom. The van der Waals surface area contributed by atoms with Gasteiger partial charge in [-0.3, -0.25) is 0 Å². The Kier molecular flexibility index (Phi) is 10.0. The van der Waals surface area contributed by atoms with Crippen molar-refractivity contribution in [2.45, 2.75) is 51.4 Å². The third kappa shape index (κ3) is 8.04. The Balaban J connectivity index is 0.940. The van der Waals surface area contributed by atoms with Gasteiger partial charge in [0, 0.05) is 36.3 Å². The smallest absolute Gasteiger partial charge is 0.138 e. The van der Waals surface area contributed by atoms with Crippen LogP contribution in [0.5, 0.6) is 11.5 Å². The molecule has 0 saturated heterocycles. The predicted molar refractivity (Wildman–Crippen MR) is 196 cm³/mol. The van der Waals surface area contributed by atoms with Crippen molar-refractivity contribution in [3.8, 4) is 34.3 Å². The van der Waals surface area contributed by atoms with Gasteiger partial charge in [0.05, 0.1) is 35.3 Å². The van der Waals surface area contributed by atoms with Crippen LogP contribution in [0.2, 0.25) is 0 Å². The van der Waals surface area contributed by atoms with Gasteiger partial charge in [0.15, 0.2) is 0 Å². The summed E-state index contributed by atoms with van der Waals surface area (Å²) in [6.45, 7) is 3.98. The Bertz CT molecular complexity index is 1640. The van der Waals surface area contributed by atoms with Crippen LogP contribution < -0.4 is 9.47 Å². The highest BCUT2D eigenvalue weighted by atomic mass is 16.5. The molecule has 0 bridgehead atoms. The lowest BCUT2D eigenvalue weighted by molar-refractivity contribution is 0.166. The molecule has 2 fully saturated rings. The summed E-state index contributed by atoms with van der Waals surface area (Å²) in [6.07, 6.45) is 10.2. The zero-order valence-corrected chi connectivity index (χ0v) is 29.2. The van der Waals surface area contributed by atoms with E-state index in [1.54, 1.807) is 0 Å². The first-order valence-electron chi connectivity index (χ1n) is 18.0. The van der Waals surface area contributed by atoms with E-state index in [1.807, 2.05) is 12.1 Å². The van der Waals surface area contributed by atoms with Crippen LogP contribution in [0.4, 0.5) is 0 Å². The second kappa shape index (κ2) is 14.7. The van der Waals surface area contributed by atoms with Crippen LogP contribution in [0, 0.1) is 23.7 Å². The molecule has 0 unspecified atom stereocenters. The number of aromatic amines is 2. The van der Waals surface area contributed by atoms with Crippen molar-refractivity contribution in [1.29, 1.82) is 0 Å². The summed E-state index contributed by atoms with van der Waals surface area (Å²) in [4.78, 5) is 21.4. The van der Waals surface area contributed by atoms with Crippen LogP contribution >= 0.6 is 0 Å². The molecule has 2 aromatic heterocycles. The minimum Gasteiger partial charge on any atom is -0.493 e. The average molecular weight is 649 g/mol. The number of imidazole rings is 2. The lowest BCUT2D eigenvalue weighted by Gasteiger charge is -2.30. The van der Waals surface area contributed by atoms with Gasteiger partial charge in [-0.1, -0.05) is 24.3 Å². The van der Waals surface area contributed by atoms with E-state index in [2.05, 4.69) is 96.5 Å². The van der Waals surface area contributed by atoms with Gasteiger partial charge in [-0.15, -0.1) is 0 Å². The van der Waals surface area contributed by atoms with Crippen molar-refractivity contribution in [2.24, 2.45) is 23.7 Å². The number of rotatable bonds is 12. The first kappa shape index (κ1) is 32.7. The highest BCUT2D eigenvalue weighted by molar-refractivity contribution is 5.82. The molecule has 0 radical (unpaired) electrons. The van der Waals surface area contributed by atoms with E-state index in [0.717, 1.165) is 81.4 Å². The number of ether oxygens (including phenoxy) is 2. The molecular weight excluding hydrogens is 596 g/mol. The summed E-state index contributed by atoms with van der Waals surface area (Å²) in [5.41, 5.74) is 5.95. The normalized spacial score (nSPS) is 21.8. The number of benzene rings is 3. The molecule has 8 heteroatoms. The largest absolute Gasteiger partial charge is 0.493 e. The highest BCUT2D eigenvalue weighted by Gasteiger charge is 2.23. The van der Waals surface area contributed by atoms with Gasteiger partial charge in [0.25, 0.3) is 0 Å². The van der Waals surface area contributed by atoms with Gasteiger partial charge in [-0.05, 0) is 127 Å². The Hall–Kier alpha value is -3.88. The lowest BCUT2D eigenvalue weighted by Crippen LogP contribution is -2.27. The molecule has 2 N–H and O–H groups in total. The molecule has 2 saturated carbocycles. The van der Waals surface area contributed by atoms with Gasteiger partial charge in [0.1, 0.15) is 23.1 Å². The van der Waals surface area contributed by atoms with E-state index in [0.29, 0.717) is 11.8 Å². The minimum atomic E-state index is 0.644. The van der Waals surface area contributed by atoms with E-state index in [1.165, 1.54) is 64.5 Å². The Labute approximate surface area is 285 Å². The molecule has 0 aliphatic heterocycles. The third-order valence-corrected chi connectivity index (χ3v) is 10.5. The first-order chi connectivity index (χ1) is 23.3. The molecule has 2 heterocycles. The maximum absolute atomic E-state index is 6.26. The van der Waals surface area contributed by atoms with Crippen LogP contribution in [-0.2, 0) is 0 Å². The molecule has 48 heavy (non-hydrogen) atoms. The number of H-pyrrole nitrogens is 2. The average Bonchev–Trinajstić information content (AvgIpc) is 3.71. The van der Waals surface area contributed by atoms with E-state index in [9.17, 15) is 0 Å². The lowest BCUT2D eigenvalue weighted by atomic mass is 9.82. The molecule has 7 rings (SSSR count). The van der Waals surface area contributed by atoms with E-state index < -0.39 is 0 Å². The highest BCUT2D eigenvalue weighted by Crippen LogP contribution is 2.32. The zero-order chi connectivity index (χ0) is 33.0. The minimum absolute atomic E-state index is 0.644. The second-order valence-corrected chi connectivity index (χ2v) is 15.0. The Morgan fingerprint density at radius 2 is 0.917 bits per heavy atom. The summed E-state index contributed by atoms with van der Waals surface area (Å²) in [7, 11) is 8.70. The zero-order valence-electron chi connectivity index (χ0n) is 29.2. The molecule has 0 atom stereocenters. The number of nitrogens with one attached hydrogen (secondary N) is 2. The molecule has 0 spiro atoms. The fraction of sp³-hybridized carbons (Fsp3) is 0.500. The fourth-order valence-corrected chi connectivity index (χ4v) is 7.84. The van der Waals surface area contributed by atoms with Crippen LogP contribution in [0.1, 0.15) is 51.4 Å². The van der Waals surface area contributed by atoms with Crippen molar-refractivity contribution < 1.29 is 9.47 Å². The van der Waals surface area contributed by atoms with Crippen molar-refractivity contribution >= 4 is 22.1 Å². The molecule has 8 nitrogen and oxygen atoms in total.